The van der Waals surface area contributed by atoms with E-state index in [0.717, 1.165) is 22.3 Å². The van der Waals surface area contributed by atoms with E-state index in [9.17, 15) is 14.4 Å². The van der Waals surface area contributed by atoms with Crippen LogP contribution in [0.1, 0.15) is 46.8 Å². The van der Waals surface area contributed by atoms with E-state index < -0.39 is 18.1 Å². The molecule has 180 valence electrons. The lowest BCUT2D eigenvalue weighted by Gasteiger charge is -2.22. The molecule has 3 aromatic carbocycles. The number of carboxylic acids is 1. The number of ether oxygens (including phenoxy) is 1. The molecule has 3 aromatic rings. The van der Waals surface area contributed by atoms with Gasteiger partial charge in [0.25, 0.3) is 0 Å². The largest absolute Gasteiger partial charge is 0.478 e. The van der Waals surface area contributed by atoms with E-state index in [4.69, 9.17) is 9.84 Å². The fourth-order valence-electron chi connectivity index (χ4n) is 4.42. The predicted molar refractivity (Wildman–Crippen MR) is 132 cm³/mol. The number of amides is 2. The molecule has 1 unspecified atom stereocenters. The van der Waals surface area contributed by atoms with E-state index >= 15 is 0 Å². The lowest BCUT2D eigenvalue weighted by molar-refractivity contribution is -0.124. The number of hydrogen-bond donors (Lipinski definition) is 3. The van der Waals surface area contributed by atoms with E-state index in [1.165, 1.54) is 12.1 Å². The van der Waals surface area contributed by atoms with Crippen LogP contribution in [0, 0.1) is 5.92 Å². The Kier molecular flexibility index (Phi) is 7.15. The summed E-state index contributed by atoms with van der Waals surface area (Å²) < 4.78 is 5.58. The van der Waals surface area contributed by atoms with Gasteiger partial charge in [0.15, 0.2) is 0 Å². The Morgan fingerprint density at radius 2 is 1.54 bits per heavy atom. The third kappa shape index (κ3) is 5.35. The number of carbonyl (C=O) groups is 3. The maximum absolute atomic E-state index is 12.8. The molecule has 0 radical (unpaired) electrons. The second kappa shape index (κ2) is 10.4. The summed E-state index contributed by atoms with van der Waals surface area (Å²) in [6.07, 6.45) is -0.659. The van der Waals surface area contributed by atoms with Crippen LogP contribution in [-0.2, 0) is 16.1 Å². The highest BCUT2D eigenvalue weighted by Gasteiger charge is 2.30. The number of aromatic carboxylic acids is 1. The van der Waals surface area contributed by atoms with Gasteiger partial charge in [-0.1, -0.05) is 74.5 Å². The smallest absolute Gasteiger partial charge is 0.407 e. The molecule has 1 atom stereocenters. The molecule has 0 aromatic heterocycles. The van der Waals surface area contributed by atoms with Crippen molar-refractivity contribution in [2.24, 2.45) is 5.92 Å². The predicted octanol–water partition coefficient (Wildman–Crippen LogP) is 4.56. The third-order valence-electron chi connectivity index (χ3n) is 6.21. The number of nitrogens with one attached hydrogen (secondary N) is 2. The number of benzene rings is 3. The van der Waals surface area contributed by atoms with Gasteiger partial charge < -0.3 is 20.5 Å². The molecule has 0 saturated heterocycles. The highest BCUT2D eigenvalue weighted by molar-refractivity contribution is 5.88. The third-order valence-corrected chi connectivity index (χ3v) is 6.21. The molecule has 1 aliphatic rings. The van der Waals surface area contributed by atoms with E-state index in [1.807, 2.05) is 50.2 Å². The Labute approximate surface area is 204 Å². The molecule has 35 heavy (non-hydrogen) atoms. The summed E-state index contributed by atoms with van der Waals surface area (Å²) in [4.78, 5) is 36.6. The number of hydrogen-bond acceptors (Lipinski definition) is 4. The molecular weight excluding hydrogens is 444 g/mol. The van der Waals surface area contributed by atoms with Crippen molar-refractivity contribution in [1.82, 2.24) is 10.6 Å². The highest BCUT2D eigenvalue weighted by atomic mass is 16.5. The van der Waals surface area contributed by atoms with Crippen molar-refractivity contribution in [2.75, 3.05) is 6.61 Å². The second-order valence-corrected chi connectivity index (χ2v) is 8.91. The van der Waals surface area contributed by atoms with Gasteiger partial charge in [0.1, 0.15) is 12.6 Å². The molecule has 1 aliphatic carbocycles. The Morgan fingerprint density at radius 1 is 0.914 bits per heavy atom. The van der Waals surface area contributed by atoms with E-state index in [1.54, 1.807) is 12.1 Å². The number of fused-ring (bicyclic) bond motifs is 3. The van der Waals surface area contributed by atoms with Crippen LogP contribution in [0.25, 0.3) is 11.1 Å². The van der Waals surface area contributed by atoms with Gasteiger partial charge in [-0.25, -0.2) is 9.59 Å². The number of rotatable bonds is 8. The van der Waals surface area contributed by atoms with Crippen molar-refractivity contribution in [2.45, 2.75) is 32.4 Å². The Hall–Kier alpha value is -4.13. The molecule has 0 spiro atoms. The van der Waals surface area contributed by atoms with Gasteiger partial charge in [0, 0.05) is 12.5 Å². The van der Waals surface area contributed by atoms with Crippen LogP contribution in [0.5, 0.6) is 0 Å². The summed E-state index contributed by atoms with van der Waals surface area (Å²) in [5, 5.41) is 14.6. The zero-order valence-electron chi connectivity index (χ0n) is 19.7. The molecule has 3 N–H and O–H groups in total. The minimum atomic E-state index is -1.03. The molecule has 0 saturated carbocycles. The summed E-state index contributed by atoms with van der Waals surface area (Å²) in [5.74, 6) is -1.65. The average molecular weight is 473 g/mol. The topological polar surface area (TPSA) is 105 Å². The molecule has 0 fully saturated rings. The molecule has 4 rings (SSSR count). The highest BCUT2D eigenvalue weighted by Crippen LogP contribution is 2.44. The van der Waals surface area contributed by atoms with Crippen LogP contribution in [0.15, 0.2) is 72.8 Å². The summed E-state index contributed by atoms with van der Waals surface area (Å²) >= 11 is 0. The summed E-state index contributed by atoms with van der Waals surface area (Å²) in [6.45, 7) is 3.97. The maximum Gasteiger partial charge on any atom is 0.407 e. The van der Waals surface area contributed by atoms with Crippen molar-refractivity contribution in [1.29, 1.82) is 0 Å². The van der Waals surface area contributed by atoms with Crippen LogP contribution in [0.2, 0.25) is 0 Å². The van der Waals surface area contributed by atoms with E-state index in [0.29, 0.717) is 5.56 Å². The standard InChI is InChI=1S/C28H28N2O5/c1-17(2)25(26(31)29-15-18-8-7-9-19(14-18)27(32)33)30-28(34)35-16-24-22-12-5-3-10-20(22)21-11-4-6-13-23(21)24/h3-14,17,24-25H,15-16H2,1-2H3,(H,29,31)(H,30,34)(H,32,33). The quantitative estimate of drug-likeness (QED) is 0.446. The van der Waals surface area contributed by atoms with Crippen molar-refractivity contribution in [3.63, 3.8) is 0 Å². The van der Waals surface area contributed by atoms with Crippen molar-refractivity contribution in [3.05, 3.63) is 95.1 Å². The van der Waals surface area contributed by atoms with Gasteiger partial charge in [-0.3, -0.25) is 4.79 Å². The van der Waals surface area contributed by atoms with Crippen LogP contribution in [-0.4, -0.2) is 35.7 Å². The lowest BCUT2D eigenvalue weighted by Crippen LogP contribution is -2.49. The first-order valence-corrected chi connectivity index (χ1v) is 11.6. The first-order valence-electron chi connectivity index (χ1n) is 11.6. The van der Waals surface area contributed by atoms with Crippen LogP contribution >= 0.6 is 0 Å². The molecule has 0 heterocycles. The maximum atomic E-state index is 12.8. The zero-order chi connectivity index (χ0) is 24.9. The fraction of sp³-hybridized carbons (Fsp3) is 0.250. The van der Waals surface area contributed by atoms with Crippen molar-refractivity contribution in [3.8, 4) is 11.1 Å². The molecule has 7 nitrogen and oxygen atoms in total. The Bertz CT molecular complexity index is 1210. The van der Waals surface area contributed by atoms with Crippen LogP contribution < -0.4 is 10.6 Å². The number of carboxylic acid groups (broad SMARTS) is 1. The normalized spacial score (nSPS) is 13.0. The first-order chi connectivity index (χ1) is 16.8. The van der Waals surface area contributed by atoms with Gasteiger partial charge in [-0.2, -0.15) is 0 Å². The minimum Gasteiger partial charge on any atom is -0.478 e. The second-order valence-electron chi connectivity index (χ2n) is 8.91. The van der Waals surface area contributed by atoms with Gasteiger partial charge in [0.05, 0.1) is 5.56 Å². The lowest BCUT2D eigenvalue weighted by atomic mass is 9.98. The van der Waals surface area contributed by atoms with Crippen molar-refractivity contribution < 1.29 is 24.2 Å². The van der Waals surface area contributed by atoms with Gasteiger partial charge >= 0.3 is 12.1 Å². The molecule has 0 bridgehead atoms. The summed E-state index contributed by atoms with van der Waals surface area (Å²) in [7, 11) is 0. The monoisotopic (exact) mass is 472 g/mol. The first kappa shape index (κ1) is 24.0. The average Bonchev–Trinajstić information content (AvgIpc) is 3.18. The van der Waals surface area contributed by atoms with E-state index in [2.05, 4.69) is 22.8 Å². The molecule has 7 heteroatoms. The molecular formula is C28H28N2O5. The van der Waals surface area contributed by atoms with Crippen molar-refractivity contribution >= 4 is 18.0 Å². The summed E-state index contributed by atoms with van der Waals surface area (Å²) in [5.41, 5.74) is 5.31. The van der Waals surface area contributed by atoms with Crippen LogP contribution in [0.3, 0.4) is 0 Å². The Balaban J connectivity index is 1.37. The SMILES string of the molecule is CC(C)C(NC(=O)OCC1c2ccccc2-c2ccccc21)C(=O)NCc1cccc(C(=O)O)c1. The Morgan fingerprint density at radius 3 is 2.14 bits per heavy atom. The summed E-state index contributed by atoms with van der Waals surface area (Å²) in [6, 6.07) is 21.7. The minimum absolute atomic E-state index is 0.0685. The zero-order valence-corrected chi connectivity index (χ0v) is 19.7. The van der Waals surface area contributed by atoms with E-state index in [-0.39, 0.29) is 36.5 Å². The van der Waals surface area contributed by atoms with Gasteiger partial charge in [0.2, 0.25) is 5.91 Å². The number of carbonyl (C=O) groups excluding carboxylic acids is 2. The fourth-order valence-corrected chi connectivity index (χ4v) is 4.42. The van der Waals surface area contributed by atoms with Crippen LogP contribution in [0.4, 0.5) is 4.79 Å². The number of alkyl carbamates (subject to hydrolysis) is 1. The molecule has 2 amide bonds. The van der Waals surface area contributed by atoms with Gasteiger partial charge in [-0.15, -0.1) is 0 Å². The van der Waals surface area contributed by atoms with Gasteiger partial charge in [-0.05, 0) is 45.9 Å². The molecule has 0 aliphatic heterocycles.